The lowest BCUT2D eigenvalue weighted by molar-refractivity contribution is 0.187. The van der Waals surface area contributed by atoms with Gasteiger partial charge >= 0.3 is 0 Å². The van der Waals surface area contributed by atoms with Gasteiger partial charge in [0.05, 0.1) is 12.7 Å². The van der Waals surface area contributed by atoms with Gasteiger partial charge in [-0.3, -0.25) is 4.68 Å². The zero-order chi connectivity index (χ0) is 14.6. The number of hydrogen-bond donors (Lipinski definition) is 2. The summed E-state index contributed by atoms with van der Waals surface area (Å²) in [5.74, 6) is 0. The first-order valence-electron chi connectivity index (χ1n) is 6.95. The smallest absolute Gasteiger partial charge is 0.243 e. The molecule has 0 saturated carbocycles. The number of likely N-dealkylation sites (N-methyl/N-ethyl adjacent to an activating group) is 1. The van der Waals surface area contributed by atoms with E-state index in [1.165, 1.54) is 18.8 Å². The first kappa shape index (κ1) is 15.4. The Morgan fingerprint density at radius 3 is 3.00 bits per heavy atom. The van der Waals surface area contributed by atoms with Gasteiger partial charge in [-0.1, -0.05) is 6.42 Å². The molecule has 1 unspecified atom stereocenters. The zero-order valence-corrected chi connectivity index (χ0v) is 12.6. The number of likely N-dealkylation sites (tertiary alicyclic amines) is 1. The third-order valence-electron chi connectivity index (χ3n) is 3.71. The van der Waals surface area contributed by atoms with E-state index in [0.717, 1.165) is 19.4 Å². The van der Waals surface area contributed by atoms with Gasteiger partial charge in [0.25, 0.3) is 0 Å². The fraction of sp³-hybridized carbons (Fsp3) is 0.750. The highest BCUT2D eigenvalue weighted by Gasteiger charge is 2.22. The number of nitrogens with one attached hydrogen (secondary N) is 1. The molecule has 114 valence electrons. The maximum Gasteiger partial charge on any atom is 0.243 e. The summed E-state index contributed by atoms with van der Waals surface area (Å²) in [6, 6.07) is 0.276. The van der Waals surface area contributed by atoms with Crippen LogP contribution in [-0.4, -0.2) is 55.8 Å². The predicted molar refractivity (Wildman–Crippen MR) is 76.7 cm³/mol. The van der Waals surface area contributed by atoms with Crippen LogP contribution < -0.4 is 10.5 Å². The molecule has 1 aromatic heterocycles. The molecule has 7 nitrogen and oxygen atoms in total. The summed E-state index contributed by atoms with van der Waals surface area (Å²) in [5, 5.41) is 3.99. The molecule has 0 aromatic carbocycles. The van der Waals surface area contributed by atoms with Crippen molar-refractivity contribution in [1.29, 1.82) is 0 Å². The number of hydrogen-bond acceptors (Lipinski definition) is 5. The molecule has 1 fully saturated rings. The Labute approximate surface area is 120 Å². The van der Waals surface area contributed by atoms with E-state index >= 15 is 0 Å². The Morgan fingerprint density at radius 1 is 1.50 bits per heavy atom. The average molecular weight is 301 g/mol. The standard InChI is InChI=1S/C12H23N5O2S/c1-16-6-3-2-4-11(16)8-15-20(18,19)12-9-14-17(10-12)7-5-13/h9-11,15H,2-8,13H2,1H3. The van der Waals surface area contributed by atoms with E-state index in [4.69, 9.17) is 5.73 Å². The highest BCUT2D eigenvalue weighted by molar-refractivity contribution is 7.89. The van der Waals surface area contributed by atoms with Crippen LogP contribution in [0.15, 0.2) is 17.3 Å². The van der Waals surface area contributed by atoms with Gasteiger partial charge in [-0.05, 0) is 26.4 Å². The lowest BCUT2D eigenvalue weighted by Gasteiger charge is -2.32. The molecule has 0 radical (unpaired) electrons. The Hall–Kier alpha value is -0.960. The normalized spacial score (nSPS) is 21.2. The van der Waals surface area contributed by atoms with E-state index in [1.54, 1.807) is 4.68 Å². The van der Waals surface area contributed by atoms with Gasteiger partial charge in [0.15, 0.2) is 0 Å². The van der Waals surface area contributed by atoms with Gasteiger partial charge in [0.1, 0.15) is 4.90 Å². The molecule has 8 heteroatoms. The number of rotatable bonds is 6. The van der Waals surface area contributed by atoms with E-state index in [-0.39, 0.29) is 10.9 Å². The summed E-state index contributed by atoms with van der Waals surface area (Å²) in [6.07, 6.45) is 6.25. The number of nitrogens with zero attached hydrogens (tertiary/aromatic N) is 3. The van der Waals surface area contributed by atoms with Crippen molar-refractivity contribution >= 4 is 10.0 Å². The molecular formula is C12H23N5O2S. The minimum absolute atomic E-state index is 0.199. The molecule has 1 aromatic rings. The van der Waals surface area contributed by atoms with Gasteiger partial charge in [-0.15, -0.1) is 0 Å². The first-order valence-corrected chi connectivity index (χ1v) is 8.43. The van der Waals surface area contributed by atoms with Crippen molar-refractivity contribution in [3.63, 3.8) is 0 Å². The van der Waals surface area contributed by atoms with Gasteiger partial charge in [0, 0.05) is 25.3 Å². The maximum absolute atomic E-state index is 12.2. The van der Waals surface area contributed by atoms with Crippen molar-refractivity contribution in [3.8, 4) is 0 Å². The minimum Gasteiger partial charge on any atom is -0.329 e. The van der Waals surface area contributed by atoms with Crippen LogP contribution in [0.2, 0.25) is 0 Å². The Balaban J connectivity index is 1.95. The Bertz CT molecular complexity index is 528. The largest absolute Gasteiger partial charge is 0.329 e. The van der Waals surface area contributed by atoms with Crippen LogP contribution in [-0.2, 0) is 16.6 Å². The predicted octanol–water partition coefficient (Wildman–Crippen LogP) is -0.396. The fourth-order valence-corrected chi connectivity index (χ4v) is 3.45. The molecule has 0 amide bonds. The number of nitrogens with two attached hydrogens (primary N) is 1. The van der Waals surface area contributed by atoms with Crippen LogP contribution >= 0.6 is 0 Å². The maximum atomic E-state index is 12.2. The SMILES string of the molecule is CN1CCCCC1CNS(=O)(=O)c1cnn(CCN)c1. The summed E-state index contributed by atoms with van der Waals surface area (Å²) in [7, 11) is -1.44. The molecule has 1 saturated heterocycles. The molecule has 1 aliphatic rings. The van der Waals surface area contributed by atoms with Gasteiger partial charge < -0.3 is 10.6 Å². The lowest BCUT2D eigenvalue weighted by Crippen LogP contribution is -2.44. The van der Waals surface area contributed by atoms with Crippen molar-refractivity contribution in [2.75, 3.05) is 26.7 Å². The highest BCUT2D eigenvalue weighted by Crippen LogP contribution is 2.15. The second-order valence-corrected chi connectivity index (χ2v) is 6.98. The van der Waals surface area contributed by atoms with Crippen LogP contribution in [0.1, 0.15) is 19.3 Å². The zero-order valence-electron chi connectivity index (χ0n) is 11.8. The topological polar surface area (TPSA) is 93.2 Å². The van der Waals surface area contributed by atoms with Gasteiger partial charge in [0.2, 0.25) is 10.0 Å². The average Bonchev–Trinajstić information content (AvgIpc) is 2.88. The number of aromatic nitrogens is 2. The van der Waals surface area contributed by atoms with Crippen LogP contribution in [0.25, 0.3) is 0 Å². The summed E-state index contributed by atoms with van der Waals surface area (Å²) in [6.45, 7) is 2.42. The Kier molecular flexibility index (Phi) is 5.14. The first-order chi connectivity index (χ1) is 9.53. The van der Waals surface area contributed by atoms with E-state index in [1.807, 2.05) is 7.05 Å². The summed E-state index contributed by atoms with van der Waals surface area (Å²) in [4.78, 5) is 2.41. The molecule has 3 N–H and O–H groups in total. The van der Waals surface area contributed by atoms with Crippen molar-refractivity contribution < 1.29 is 8.42 Å². The van der Waals surface area contributed by atoms with Crippen molar-refractivity contribution in [1.82, 2.24) is 19.4 Å². The Morgan fingerprint density at radius 2 is 2.30 bits per heavy atom. The molecule has 20 heavy (non-hydrogen) atoms. The van der Waals surface area contributed by atoms with E-state index in [9.17, 15) is 8.42 Å². The molecular weight excluding hydrogens is 278 g/mol. The van der Waals surface area contributed by atoms with Crippen molar-refractivity contribution in [2.24, 2.45) is 5.73 Å². The van der Waals surface area contributed by atoms with Crippen LogP contribution in [0, 0.1) is 0 Å². The lowest BCUT2D eigenvalue weighted by atomic mass is 10.0. The van der Waals surface area contributed by atoms with Crippen molar-refractivity contribution in [2.45, 2.75) is 36.7 Å². The van der Waals surface area contributed by atoms with Gasteiger partial charge in [-0.2, -0.15) is 5.10 Å². The van der Waals surface area contributed by atoms with Crippen LogP contribution in [0.4, 0.5) is 0 Å². The van der Waals surface area contributed by atoms with Gasteiger partial charge in [-0.25, -0.2) is 13.1 Å². The summed E-state index contributed by atoms with van der Waals surface area (Å²) >= 11 is 0. The molecule has 0 aliphatic carbocycles. The van der Waals surface area contributed by atoms with Crippen LogP contribution in [0.5, 0.6) is 0 Å². The summed E-state index contributed by atoms with van der Waals surface area (Å²) in [5.41, 5.74) is 5.42. The third kappa shape index (κ3) is 3.78. The van der Waals surface area contributed by atoms with E-state index < -0.39 is 10.0 Å². The quantitative estimate of drug-likeness (QED) is 0.746. The second kappa shape index (κ2) is 6.66. The molecule has 2 heterocycles. The molecule has 1 aliphatic heterocycles. The molecule has 0 spiro atoms. The monoisotopic (exact) mass is 301 g/mol. The molecule has 1 atom stereocenters. The number of sulfonamides is 1. The summed E-state index contributed by atoms with van der Waals surface area (Å²) < 4.78 is 28.6. The second-order valence-electron chi connectivity index (χ2n) is 5.21. The highest BCUT2D eigenvalue weighted by atomic mass is 32.2. The molecule has 2 rings (SSSR count). The third-order valence-corrected chi connectivity index (χ3v) is 5.09. The number of piperidine rings is 1. The van der Waals surface area contributed by atoms with E-state index in [0.29, 0.717) is 19.6 Å². The molecule has 0 bridgehead atoms. The van der Waals surface area contributed by atoms with E-state index in [2.05, 4.69) is 14.7 Å². The van der Waals surface area contributed by atoms with Crippen LogP contribution in [0.3, 0.4) is 0 Å². The van der Waals surface area contributed by atoms with Crippen molar-refractivity contribution in [3.05, 3.63) is 12.4 Å². The fourth-order valence-electron chi connectivity index (χ4n) is 2.43. The minimum atomic E-state index is -3.48.